The van der Waals surface area contributed by atoms with E-state index in [0.29, 0.717) is 11.4 Å². The fourth-order valence-corrected chi connectivity index (χ4v) is 4.23. The summed E-state index contributed by atoms with van der Waals surface area (Å²) in [5.74, 6) is -0.0258. The second-order valence-electron chi connectivity index (χ2n) is 5.48. The van der Waals surface area contributed by atoms with Crippen molar-refractivity contribution in [3.05, 3.63) is 34.9 Å². The van der Waals surface area contributed by atoms with E-state index in [1.54, 1.807) is 24.3 Å². The van der Waals surface area contributed by atoms with Gasteiger partial charge in [-0.2, -0.15) is 10.2 Å². The van der Waals surface area contributed by atoms with E-state index in [4.69, 9.17) is 11.6 Å². The summed E-state index contributed by atoms with van der Waals surface area (Å²) in [5, 5.41) is 8.69. The molecule has 1 heterocycles. The molecule has 0 saturated heterocycles. The third kappa shape index (κ3) is 3.37. The Morgan fingerprint density at radius 1 is 1.30 bits per heavy atom. The van der Waals surface area contributed by atoms with E-state index in [1.165, 1.54) is 0 Å². The molecule has 1 N–H and O–H groups in total. The van der Waals surface area contributed by atoms with Gasteiger partial charge in [0.15, 0.2) is 5.66 Å². The number of halogens is 1. The maximum absolute atomic E-state index is 12.2. The van der Waals surface area contributed by atoms with Crippen molar-refractivity contribution in [2.75, 3.05) is 0 Å². The molecule has 3 rings (SSSR count). The molecule has 1 saturated carbocycles. The van der Waals surface area contributed by atoms with Crippen LogP contribution in [0.2, 0.25) is 5.02 Å². The Morgan fingerprint density at radius 3 is 2.65 bits per heavy atom. The zero-order chi connectivity index (χ0) is 14.2. The van der Waals surface area contributed by atoms with Crippen LogP contribution in [0.1, 0.15) is 31.2 Å². The number of sulfonamides is 1. The number of hydrogen-bond acceptors (Lipinski definition) is 4. The van der Waals surface area contributed by atoms with E-state index < -0.39 is 10.0 Å². The van der Waals surface area contributed by atoms with E-state index in [2.05, 4.69) is 15.0 Å². The fraction of sp³-hybridized carbons (Fsp3) is 0.538. The first-order chi connectivity index (χ1) is 9.46. The van der Waals surface area contributed by atoms with Crippen LogP contribution in [0.3, 0.4) is 0 Å². The first-order valence-corrected chi connectivity index (χ1v) is 8.68. The first-order valence-electron chi connectivity index (χ1n) is 6.65. The second-order valence-corrected chi connectivity index (χ2v) is 7.67. The van der Waals surface area contributed by atoms with Crippen molar-refractivity contribution in [3.8, 4) is 0 Å². The van der Waals surface area contributed by atoms with Gasteiger partial charge in [-0.1, -0.05) is 23.7 Å². The standard InChI is InChI=1S/C13H16ClN3O2S/c14-11-5-3-10(4-6-11)9-20(18,19)15-12-2-1-7-13(8-12)16-17-13/h3-6,12,15H,1-2,7-9H2. The maximum atomic E-state index is 12.2. The normalized spacial score (nSPS) is 23.9. The lowest BCUT2D eigenvalue weighted by atomic mass is 9.89. The highest BCUT2D eigenvalue weighted by Gasteiger charge is 2.45. The highest BCUT2D eigenvalue weighted by Crippen LogP contribution is 2.42. The highest BCUT2D eigenvalue weighted by molar-refractivity contribution is 7.88. The van der Waals surface area contributed by atoms with E-state index in [9.17, 15) is 8.42 Å². The summed E-state index contributed by atoms with van der Waals surface area (Å²) in [5.41, 5.74) is 0.458. The fourth-order valence-electron chi connectivity index (χ4n) is 2.68. The minimum absolute atomic E-state index is 0.0258. The van der Waals surface area contributed by atoms with Gasteiger partial charge in [-0.3, -0.25) is 0 Å². The molecule has 7 heteroatoms. The van der Waals surface area contributed by atoms with E-state index in [0.717, 1.165) is 24.8 Å². The molecule has 0 aromatic heterocycles. The molecule has 1 spiro atoms. The minimum Gasteiger partial charge on any atom is -0.212 e. The van der Waals surface area contributed by atoms with Gasteiger partial charge in [0.2, 0.25) is 10.0 Å². The van der Waals surface area contributed by atoms with Crippen LogP contribution in [0.25, 0.3) is 0 Å². The molecule has 1 aromatic rings. The first kappa shape index (κ1) is 14.0. The average molecular weight is 314 g/mol. The van der Waals surface area contributed by atoms with Crippen molar-refractivity contribution in [1.29, 1.82) is 0 Å². The van der Waals surface area contributed by atoms with Gasteiger partial charge in [0, 0.05) is 17.5 Å². The van der Waals surface area contributed by atoms with Crippen molar-refractivity contribution in [3.63, 3.8) is 0 Å². The Hall–Kier alpha value is -0.980. The predicted octanol–water partition coefficient (Wildman–Crippen LogP) is 2.86. The highest BCUT2D eigenvalue weighted by atomic mass is 35.5. The van der Waals surface area contributed by atoms with Crippen LogP contribution in [0.5, 0.6) is 0 Å². The van der Waals surface area contributed by atoms with Crippen LogP contribution in [0.4, 0.5) is 0 Å². The Labute approximate surface area is 123 Å². The SMILES string of the molecule is O=S(=O)(Cc1ccc(Cl)cc1)NC1CCCC2(C1)N=N2. The lowest BCUT2D eigenvalue weighted by Gasteiger charge is -2.26. The molecule has 0 radical (unpaired) electrons. The number of nitrogens with one attached hydrogen (secondary N) is 1. The monoisotopic (exact) mass is 313 g/mol. The number of hydrogen-bond donors (Lipinski definition) is 1. The molecular weight excluding hydrogens is 298 g/mol. The van der Waals surface area contributed by atoms with Gasteiger partial charge in [0.25, 0.3) is 0 Å². The average Bonchev–Trinajstić information content (AvgIpc) is 3.10. The van der Waals surface area contributed by atoms with Crippen LogP contribution >= 0.6 is 11.6 Å². The summed E-state index contributed by atoms with van der Waals surface area (Å²) < 4.78 is 27.1. The van der Waals surface area contributed by atoms with Gasteiger partial charge in [0.1, 0.15) is 0 Å². The van der Waals surface area contributed by atoms with Gasteiger partial charge in [0.05, 0.1) is 5.75 Å². The van der Waals surface area contributed by atoms with E-state index in [-0.39, 0.29) is 17.5 Å². The lowest BCUT2D eigenvalue weighted by Crippen LogP contribution is -2.41. The molecule has 1 unspecified atom stereocenters. The third-order valence-corrected chi connectivity index (χ3v) is 5.36. The molecule has 1 atom stereocenters. The zero-order valence-corrected chi connectivity index (χ0v) is 12.5. The minimum atomic E-state index is -3.35. The quantitative estimate of drug-likeness (QED) is 0.928. The van der Waals surface area contributed by atoms with Crippen molar-refractivity contribution in [1.82, 2.24) is 4.72 Å². The maximum Gasteiger partial charge on any atom is 0.216 e. The molecule has 1 aromatic carbocycles. The summed E-state index contributed by atoms with van der Waals surface area (Å²) in [4.78, 5) is 0. The lowest BCUT2D eigenvalue weighted by molar-refractivity contribution is 0.336. The van der Waals surface area contributed by atoms with Crippen LogP contribution < -0.4 is 4.72 Å². The van der Waals surface area contributed by atoms with Crippen LogP contribution in [0, 0.1) is 0 Å². The summed E-state index contributed by atoms with van der Waals surface area (Å²) in [6.45, 7) is 0. The Morgan fingerprint density at radius 2 is 2.00 bits per heavy atom. The van der Waals surface area contributed by atoms with Crippen molar-refractivity contribution in [2.24, 2.45) is 10.2 Å². The van der Waals surface area contributed by atoms with Gasteiger partial charge < -0.3 is 0 Å². The Balaban J connectivity index is 1.62. The van der Waals surface area contributed by atoms with Gasteiger partial charge >= 0.3 is 0 Å². The van der Waals surface area contributed by atoms with Crippen molar-refractivity contribution >= 4 is 21.6 Å². The zero-order valence-electron chi connectivity index (χ0n) is 10.9. The molecule has 1 aliphatic heterocycles. The molecule has 5 nitrogen and oxygen atoms in total. The van der Waals surface area contributed by atoms with E-state index in [1.807, 2.05) is 0 Å². The molecule has 0 bridgehead atoms. The smallest absolute Gasteiger partial charge is 0.212 e. The molecule has 1 fully saturated rings. The molecule has 1 aliphatic carbocycles. The second kappa shape index (κ2) is 5.09. The van der Waals surface area contributed by atoms with E-state index >= 15 is 0 Å². The Bertz CT molecular complexity index is 622. The van der Waals surface area contributed by atoms with Crippen molar-refractivity contribution < 1.29 is 8.42 Å². The van der Waals surface area contributed by atoms with Gasteiger partial charge in [-0.05, 0) is 37.0 Å². The predicted molar refractivity (Wildman–Crippen MR) is 77.1 cm³/mol. The van der Waals surface area contributed by atoms with Crippen LogP contribution in [-0.2, 0) is 15.8 Å². The largest absolute Gasteiger partial charge is 0.216 e. The number of benzene rings is 1. The third-order valence-electron chi connectivity index (χ3n) is 3.70. The summed E-state index contributed by atoms with van der Waals surface area (Å²) in [6.07, 6.45) is 3.45. The number of rotatable bonds is 4. The molecule has 20 heavy (non-hydrogen) atoms. The summed E-state index contributed by atoms with van der Waals surface area (Å²) >= 11 is 5.79. The molecule has 108 valence electrons. The molecule has 0 amide bonds. The van der Waals surface area contributed by atoms with Gasteiger partial charge in [-0.25, -0.2) is 13.1 Å². The topological polar surface area (TPSA) is 70.9 Å². The van der Waals surface area contributed by atoms with Gasteiger partial charge in [-0.15, -0.1) is 0 Å². The summed E-state index contributed by atoms with van der Waals surface area (Å²) in [6, 6.07) is 6.80. The van der Waals surface area contributed by atoms with Crippen LogP contribution in [-0.4, -0.2) is 20.1 Å². The molecule has 2 aliphatic rings. The van der Waals surface area contributed by atoms with Crippen LogP contribution in [0.15, 0.2) is 34.5 Å². The van der Waals surface area contributed by atoms with Crippen molar-refractivity contribution in [2.45, 2.75) is 43.1 Å². The summed E-state index contributed by atoms with van der Waals surface area (Å²) in [7, 11) is -3.35. The number of nitrogens with zero attached hydrogens (tertiary/aromatic N) is 2. The molecular formula is C13H16ClN3O2S. The Kier molecular flexibility index (Phi) is 3.56.